The highest BCUT2D eigenvalue weighted by atomic mass is 16.2. The first-order chi connectivity index (χ1) is 7.49. The summed E-state index contributed by atoms with van der Waals surface area (Å²) in [6, 6.07) is 0.200. The van der Waals surface area contributed by atoms with Gasteiger partial charge in [-0.25, -0.2) is 0 Å². The Morgan fingerprint density at radius 3 is 2.62 bits per heavy atom. The zero-order chi connectivity index (χ0) is 12.1. The number of amides is 2. The lowest BCUT2D eigenvalue weighted by Gasteiger charge is -2.17. The molecule has 0 aromatic rings. The highest BCUT2D eigenvalue weighted by Crippen LogP contribution is 2.11. The number of hydrogen-bond donors (Lipinski definition) is 2. The molecule has 2 atom stereocenters. The number of carbonyl (C=O) groups excluding carboxylic acids is 2. The van der Waals surface area contributed by atoms with E-state index in [1.165, 1.54) is 0 Å². The lowest BCUT2D eigenvalue weighted by atomic mass is 10.0. The predicted molar refractivity (Wildman–Crippen MR) is 62.8 cm³/mol. The van der Waals surface area contributed by atoms with Gasteiger partial charge in [-0.15, -0.1) is 0 Å². The van der Waals surface area contributed by atoms with Crippen molar-refractivity contribution in [2.75, 3.05) is 6.54 Å². The molecule has 1 aliphatic rings. The van der Waals surface area contributed by atoms with Crippen LogP contribution in [0, 0.1) is 11.8 Å². The van der Waals surface area contributed by atoms with E-state index in [0.717, 1.165) is 12.8 Å². The van der Waals surface area contributed by atoms with E-state index in [-0.39, 0.29) is 23.8 Å². The zero-order valence-electron chi connectivity index (χ0n) is 10.4. The predicted octanol–water partition coefficient (Wildman–Crippen LogP) is 1.06. The largest absolute Gasteiger partial charge is 0.355 e. The van der Waals surface area contributed by atoms with E-state index < -0.39 is 0 Å². The fourth-order valence-electron chi connectivity index (χ4n) is 1.81. The molecule has 2 amide bonds. The maximum atomic E-state index is 11.7. The second-order valence-electron chi connectivity index (χ2n) is 5.09. The Morgan fingerprint density at radius 1 is 1.44 bits per heavy atom. The van der Waals surface area contributed by atoms with Gasteiger partial charge in [0, 0.05) is 19.0 Å². The molecule has 4 nitrogen and oxygen atoms in total. The fourth-order valence-corrected chi connectivity index (χ4v) is 1.81. The molecule has 0 aromatic heterocycles. The summed E-state index contributed by atoms with van der Waals surface area (Å²) in [5.74, 6) is 0.479. The van der Waals surface area contributed by atoms with Crippen molar-refractivity contribution in [3.05, 3.63) is 0 Å². The van der Waals surface area contributed by atoms with E-state index in [1.54, 1.807) is 0 Å². The Balaban J connectivity index is 2.25. The van der Waals surface area contributed by atoms with E-state index in [0.29, 0.717) is 18.9 Å². The lowest BCUT2D eigenvalue weighted by molar-refractivity contribution is -0.127. The fraction of sp³-hybridized carbons (Fsp3) is 0.833. The summed E-state index contributed by atoms with van der Waals surface area (Å²) >= 11 is 0. The molecular weight excluding hydrogens is 204 g/mol. The maximum absolute atomic E-state index is 11.7. The average molecular weight is 226 g/mol. The molecule has 0 aliphatic carbocycles. The first-order valence-electron chi connectivity index (χ1n) is 6.06. The Labute approximate surface area is 97.2 Å². The third-order valence-corrected chi connectivity index (χ3v) is 2.91. The van der Waals surface area contributed by atoms with Gasteiger partial charge in [0.2, 0.25) is 11.8 Å². The van der Waals surface area contributed by atoms with Gasteiger partial charge in [0.15, 0.2) is 0 Å². The van der Waals surface area contributed by atoms with Crippen molar-refractivity contribution in [3.8, 4) is 0 Å². The van der Waals surface area contributed by atoms with Crippen molar-refractivity contribution in [2.24, 2.45) is 11.8 Å². The van der Waals surface area contributed by atoms with Crippen molar-refractivity contribution >= 4 is 11.8 Å². The Kier molecular flexibility index (Phi) is 4.77. The zero-order valence-corrected chi connectivity index (χ0v) is 10.4. The summed E-state index contributed by atoms with van der Waals surface area (Å²) in [5.41, 5.74) is 0. The van der Waals surface area contributed by atoms with Gasteiger partial charge < -0.3 is 10.6 Å². The summed E-state index contributed by atoms with van der Waals surface area (Å²) in [6.45, 7) is 6.86. The van der Waals surface area contributed by atoms with Crippen LogP contribution in [0.25, 0.3) is 0 Å². The molecule has 4 heteroatoms. The molecule has 0 aromatic carbocycles. The number of rotatable bonds is 5. The highest BCUT2D eigenvalue weighted by Gasteiger charge is 2.28. The molecule has 16 heavy (non-hydrogen) atoms. The summed E-state index contributed by atoms with van der Waals surface area (Å²) in [7, 11) is 0. The van der Waals surface area contributed by atoms with Crippen LogP contribution in [0.3, 0.4) is 0 Å². The molecule has 0 bridgehead atoms. The molecule has 2 N–H and O–H groups in total. The standard InChI is InChI=1S/C12H22N2O2/c1-8(2)4-5-9(3)14-12(16)10-6-11(15)13-7-10/h8-10H,4-7H2,1-3H3,(H,13,15)(H,14,16). The quantitative estimate of drug-likeness (QED) is 0.736. The van der Waals surface area contributed by atoms with Crippen LogP contribution in [-0.4, -0.2) is 24.4 Å². The molecule has 1 saturated heterocycles. The minimum Gasteiger partial charge on any atom is -0.355 e. The molecule has 0 radical (unpaired) electrons. The van der Waals surface area contributed by atoms with E-state index in [1.807, 2.05) is 6.92 Å². The van der Waals surface area contributed by atoms with E-state index in [9.17, 15) is 9.59 Å². The third kappa shape index (κ3) is 4.21. The van der Waals surface area contributed by atoms with E-state index in [4.69, 9.17) is 0 Å². The van der Waals surface area contributed by atoms with E-state index in [2.05, 4.69) is 24.5 Å². The monoisotopic (exact) mass is 226 g/mol. The Hall–Kier alpha value is -1.06. The summed E-state index contributed by atoms with van der Waals surface area (Å²) in [6.07, 6.45) is 2.45. The Bertz CT molecular complexity index is 264. The van der Waals surface area contributed by atoms with Crippen LogP contribution in [0.1, 0.15) is 40.0 Å². The average Bonchev–Trinajstić information content (AvgIpc) is 2.62. The first-order valence-corrected chi connectivity index (χ1v) is 6.06. The van der Waals surface area contributed by atoms with Gasteiger partial charge >= 0.3 is 0 Å². The summed E-state index contributed by atoms with van der Waals surface area (Å²) in [5, 5.41) is 5.64. The van der Waals surface area contributed by atoms with Crippen LogP contribution in [0.4, 0.5) is 0 Å². The molecule has 0 spiro atoms. The van der Waals surface area contributed by atoms with E-state index >= 15 is 0 Å². The third-order valence-electron chi connectivity index (χ3n) is 2.91. The summed E-state index contributed by atoms with van der Waals surface area (Å²) in [4.78, 5) is 22.7. The SMILES string of the molecule is CC(C)CCC(C)NC(=O)C1CNC(=O)C1. The minimum atomic E-state index is -0.172. The van der Waals surface area contributed by atoms with Crippen molar-refractivity contribution < 1.29 is 9.59 Å². The van der Waals surface area contributed by atoms with Crippen molar-refractivity contribution in [3.63, 3.8) is 0 Å². The highest BCUT2D eigenvalue weighted by molar-refractivity contribution is 5.89. The molecule has 1 heterocycles. The molecule has 0 saturated carbocycles. The van der Waals surface area contributed by atoms with Crippen LogP contribution < -0.4 is 10.6 Å². The molecular formula is C12H22N2O2. The van der Waals surface area contributed by atoms with Gasteiger partial charge in [0.05, 0.1) is 5.92 Å². The molecule has 1 aliphatic heterocycles. The number of carbonyl (C=O) groups is 2. The van der Waals surface area contributed by atoms with Gasteiger partial charge in [-0.05, 0) is 25.7 Å². The van der Waals surface area contributed by atoms with Crippen LogP contribution >= 0.6 is 0 Å². The normalized spacial score (nSPS) is 22.0. The van der Waals surface area contributed by atoms with Crippen molar-refractivity contribution in [2.45, 2.75) is 46.1 Å². The topological polar surface area (TPSA) is 58.2 Å². The minimum absolute atomic E-state index is 0.00889. The molecule has 2 unspecified atom stereocenters. The van der Waals surface area contributed by atoms with Crippen LogP contribution in [-0.2, 0) is 9.59 Å². The molecule has 1 rings (SSSR count). The van der Waals surface area contributed by atoms with Gasteiger partial charge in [-0.1, -0.05) is 13.8 Å². The van der Waals surface area contributed by atoms with Crippen molar-refractivity contribution in [1.29, 1.82) is 0 Å². The molecule has 1 fully saturated rings. The smallest absolute Gasteiger partial charge is 0.225 e. The first kappa shape index (κ1) is 13.0. The van der Waals surface area contributed by atoms with Gasteiger partial charge in [0.25, 0.3) is 0 Å². The maximum Gasteiger partial charge on any atom is 0.225 e. The summed E-state index contributed by atoms with van der Waals surface area (Å²) < 4.78 is 0. The number of hydrogen-bond acceptors (Lipinski definition) is 2. The van der Waals surface area contributed by atoms with Crippen LogP contribution in [0.15, 0.2) is 0 Å². The Morgan fingerprint density at radius 2 is 2.12 bits per heavy atom. The second-order valence-corrected chi connectivity index (χ2v) is 5.09. The lowest BCUT2D eigenvalue weighted by Crippen LogP contribution is -2.38. The van der Waals surface area contributed by atoms with Gasteiger partial charge in [0.1, 0.15) is 0 Å². The van der Waals surface area contributed by atoms with Crippen LogP contribution in [0.5, 0.6) is 0 Å². The van der Waals surface area contributed by atoms with Gasteiger partial charge in [-0.2, -0.15) is 0 Å². The second kappa shape index (κ2) is 5.87. The number of nitrogens with one attached hydrogen (secondary N) is 2. The van der Waals surface area contributed by atoms with Crippen LogP contribution in [0.2, 0.25) is 0 Å². The molecule has 92 valence electrons. The van der Waals surface area contributed by atoms with Crippen molar-refractivity contribution in [1.82, 2.24) is 10.6 Å². The van der Waals surface area contributed by atoms with Gasteiger partial charge in [-0.3, -0.25) is 9.59 Å².